The molecule has 4 N–H and O–H groups in total. The molecule has 2 aromatic rings. The number of anilines is 3. The number of nitrogens with one attached hydrogen (secondary N) is 3. The van der Waals surface area contributed by atoms with E-state index >= 15 is 0 Å². The number of hydrogen-bond donors (Lipinski definition) is 4. The fourth-order valence-electron chi connectivity index (χ4n) is 3.81. The molecule has 0 aromatic heterocycles. The molecule has 194 valence electrons. The molecule has 10 nitrogen and oxygen atoms in total. The number of carbonyl (C=O) groups is 3. The number of sulfonamides is 1. The van der Waals surface area contributed by atoms with E-state index in [1.54, 1.807) is 13.8 Å². The molecule has 0 radical (unpaired) electrons. The topological polar surface area (TPSA) is 145 Å². The quantitative estimate of drug-likeness (QED) is 0.441. The summed E-state index contributed by atoms with van der Waals surface area (Å²) in [5.41, 5.74) is 0.583. The summed E-state index contributed by atoms with van der Waals surface area (Å²) in [4.78, 5) is 39.0. The fraction of sp³-hybridized carbons (Fsp3) is 0.400. The molecule has 4 amide bonds. The monoisotopic (exact) mass is 516 g/mol. The molecular formula is C25H32N4O6S. The van der Waals surface area contributed by atoms with Crippen LogP contribution in [0.4, 0.5) is 21.9 Å². The average Bonchev–Trinajstić information content (AvgIpc) is 2.73. The van der Waals surface area contributed by atoms with Crippen LogP contribution in [-0.2, 0) is 20.2 Å². The van der Waals surface area contributed by atoms with Crippen molar-refractivity contribution in [1.29, 1.82) is 0 Å². The van der Waals surface area contributed by atoms with Gasteiger partial charge in [0.25, 0.3) is 5.91 Å². The molecule has 0 atom stereocenters. The van der Waals surface area contributed by atoms with Crippen LogP contribution < -0.4 is 20.3 Å². The van der Waals surface area contributed by atoms with Crippen molar-refractivity contribution >= 4 is 44.9 Å². The molecule has 11 heteroatoms. The van der Waals surface area contributed by atoms with Crippen molar-refractivity contribution in [3.05, 3.63) is 47.5 Å². The van der Waals surface area contributed by atoms with Crippen molar-refractivity contribution in [3.8, 4) is 5.75 Å². The number of aromatic hydroxyl groups is 1. The van der Waals surface area contributed by atoms with E-state index in [4.69, 9.17) is 0 Å². The Kier molecular flexibility index (Phi) is 7.63. The number of imide groups is 1. The first-order valence-electron chi connectivity index (χ1n) is 11.6. The van der Waals surface area contributed by atoms with Crippen LogP contribution in [-0.4, -0.2) is 43.7 Å². The number of urea groups is 1. The number of phenols is 1. The first kappa shape index (κ1) is 27.0. The predicted octanol–water partition coefficient (Wildman–Crippen LogP) is 3.79. The molecule has 0 aliphatic carbocycles. The summed E-state index contributed by atoms with van der Waals surface area (Å²) in [7, 11) is -3.50. The van der Waals surface area contributed by atoms with Crippen LogP contribution in [0.25, 0.3) is 0 Å². The van der Waals surface area contributed by atoms with Gasteiger partial charge in [-0.3, -0.25) is 14.3 Å². The second-order valence-corrected chi connectivity index (χ2v) is 11.9. The lowest BCUT2D eigenvalue weighted by Gasteiger charge is -2.29. The largest absolute Gasteiger partial charge is 0.507 e. The molecule has 0 spiro atoms. The van der Waals surface area contributed by atoms with Crippen LogP contribution in [0, 0.1) is 5.92 Å². The van der Waals surface area contributed by atoms with Gasteiger partial charge in [0.05, 0.1) is 17.0 Å². The van der Waals surface area contributed by atoms with Crippen molar-refractivity contribution < 1.29 is 27.9 Å². The number of benzene rings is 2. The Morgan fingerprint density at radius 3 is 2.28 bits per heavy atom. The van der Waals surface area contributed by atoms with Crippen molar-refractivity contribution in [2.24, 2.45) is 5.92 Å². The molecule has 0 bridgehead atoms. The maximum atomic E-state index is 13.2. The summed E-state index contributed by atoms with van der Waals surface area (Å²) < 4.78 is 26.8. The number of nitrogens with zero attached hydrogens (tertiary/aromatic N) is 1. The van der Waals surface area contributed by atoms with Gasteiger partial charge in [-0.25, -0.2) is 18.1 Å². The Hall–Kier alpha value is -3.60. The van der Waals surface area contributed by atoms with Gasteiger partial charge in [-0.1, -0.05) is 34.6 Å². The van der Waals surface area contributed by atoms with Gasteiger partial charge in [0.2, 0.25) is 15.9 Å². The molecule has 1 saturated heterocycles. The molecule has 1 fully saturated rings. The minimum Gasteiger partial charge on any atom is -0.507 e. The Bertz CT molecular complexity index is 1260. The Morgan fingerprint density at radius 2 is 1.72 bits per heavy atom. The minimum absolute atomic E-state index is 0.0191. The molecule has 1 aliphatic heterocycles. The maximum Gasteiger partial charge on any atom is 0.328 e. The van der Waals surface area contributed by atoms with Gasteiger partial charge >= 0.3 is 6.03 Å². The van der Waals surface area contributed by atoms with E-state index in [2.05, 4.69) is 15.4 Å². The van der Waals surface area contributed by atoms with E-state index in [-0.39, 0.29) is 41.6 Å². The van der Waals surface area contributed by atoms with E-state index in [0.717, 1.165) is 4.90 Å². The third-order valence-electron chi connectivity index (χ3n) is 5.44. The molecule has 0 unspecified atom stereocenters. The third-order valence-corrected chi connectivity index (χ3v) is 7.09. The number of phenolic OH excluding ortho intramolecular Hbond substituents is 1. The summed E-state index contributed by atoms with van der Waals surface area (Å²) in [5.74, 6) is -1.38. The van der Waals surface area contributed by atoms with Gasteiger partial charge in [-0.2, -0.15) is 0 Å². The minimum atomic E-state index is -3.50. The van der Waals surface area contributed by atoms with E-state index in [9.17, 15) is 27.9 Å². The van der Waals surface area contributed by atoms with Gasteiger partial charge in [-0.15, -0.1) is 0 Å². The van der Waals surface area contributed by atoms with Crippen LogP contribution in [0.15, 0.2) is 36.4 Å². The van der Waals surface area contributed by atoms with Gasteiger partial charge in [0.1, 0.15) is 5.75 Å². The Morgan fingerprint density at radius 1 is 1.11 bits per heavy atom. The second-order valence-electron chi connectivity index (χ2n) is 10.2. The Labute approximate surface area is 211 Å². The number of amides is 4. The summed E-state index contributed by atoms with van der Waals surface area (Å²) in [6, 6.07) is 8.32. The third kappa shape index (κ3) is 6.34. The van der Waals surface area contributed by atoms with Gasteiger partial charge in [0, 0.05) is 29.9 Å². The smallest absolute Gasteiger partial charge is 0.328 e. The molecule has 0 saturated carbocycles. The highest BCUT2D eigenvalue weighted by Gasteiger charge is 2.31. The van der Waals surface area contributed by atoms with Gasteiger partial charge < -0.3 is 15.7 Å². The molecule has 1 heterocycles. The highest BCUT2D eigenvalue weighted by molar-refractivity contribution is 7.92. The van der Waals surface area contributed by atoms with Crippen molar-refractivity contribution in [2.45, 2.75) is 46.5 Å². The standard InChI is InChI=1S/C25H32N4O6S/c1-15(2)14-36(34,35)28-17-8-6-16(7-9-17)27-23(32)19-12-18(13-20(22(19)31)25(3,4)5)29-21(30)10-11-26-24(29)33/h6-9,12-13,15,28,31H,10-11,14H2,1-5H3,(H,26,33)(H,27,32). The summed E-state index contributed by atoms with van der Waals surface area (Å²) >= 11 is 0. The maximum absolute atomic E-state index is 13.2. The Balaban J connectivity index is 1.90. The lowest BCUT2D eigenvalue weighted by molar-refractivity contribution is -0.118. The molecule has 1 aliphatic rings. The van der Waals surface area contributed by atoms with Gasteiger partial charge in [-0.05, 0) is 47.7 Å². The first-order valence-corrected chi connectivity index (χ1v) is 13.2. The molecule has 3 rings (SSSR count). The summed E-state index contributed by atoms with van der Waals surface area (Å²) in [6.45, 7) is 9.36. The van der Waals surface area contributed by atoms with Crippen LogP contribution in [0.1, 0.15) is 57.0 Å². The van der Waals surface area contributed by atoms with Gasteiger partial charge in [0.15, 0.2) is 0 Å². The second kappa shape index (κ2) is 10.2. The van der Waals surface area contributed by atoms with Crippen LogP contribution >= 0.6 is 0 Å². The lowest BCUT2D eigenvalue weighted by atomic mass is 9.84. The number of carbonyl (C=O) groups excluding carboxylic acids is 3. The molecule has 36 heavy (non-hydrogen) atoms. The summed E-state index contributed by atoms with van der Waals surface area (Å²) in [6.07, 6.45) is 0.117. The van der Waals surface area contributed by atoms with E-state index in [0.29, 0.717) is 16.9 Å². The summed E-state index contributed by atoms with van der Waals surface area (Å²) in [5, 5.41) is 16.2. The van der Waals surface area contributed by atoms with Crippen LogP contribution in [0.5, 0.6) is 5.75 Å². The zero-order chi connectivity index (χ0) is 26.8. The van der Waals surface area contributed by atoms with Crippen molar-refractivity contribution in [3.63, 3.8) is 0 Å². The SMILES string of the molecule is CC(C)CS(=O)(=O)Nc1ccc(NC(=O)c2cc(N3C(=O)CCNC3=O)cc(C(C)(C)C)c2O)cc1. The lowest BCUT2D eigenvalue weighted by Crippen LogP contribution is -2.50. The zero-order valence-electron chi connectivity index (χ0n) is 21.0. The highest BCUT2D eigenvalue weighted by atomic mass is 32.2. The van der Waals surface area contributed by atoms with Crippen LogP contribution in [0.3, 0.4) is 0 Å². The van der Waals surface area contributed by atoms with E-state index < -0.39 is 33.3 Å². The van der Waals surface area contributed by atoms with Crippen LogP contribution in [0.2, 0.25) is 0 Å². The van der Waals surface area contributed by atoms with E-state index in [1.165, 1.54) is 36.4 Å². The fourth-order valence-corrected chi connectivity index (χ4v) is 5.27. The zero-order valence-corrected chi connectivity index (χ0v) is 21.8. The molecular weight excluding hydrogens is 484 g/mol. The average molecular weight is 517 g/mol. The number of hydrogen-bond acceptors (Lipinski definition) is 6. The molecule has 2 aromatic carbocycles. The highest BCUT2D eigenvalue weighted by Crippen LogP contribution is 2.38. The predicted molar refractivity (Wildman–Crippen MR) is 139 cm³/mol. The van der Waals surface area contributed by atoms with E-state index in [1.807, 2.05) is 20.8 Å². The normalized spacial score (nSPS) is 14.6. The first-order chi connectivity index (χ1) is 16.7. The van der Waals surface area contributed by atoms with Crippen molar-refractivity contribution in [1.82, 2.24) is 5.32 Å². The van der Waals surface area contributed by atoms with Crippen molar-refractivity contribution in [2.75, 3.05) is 27.2 Å². The number of rotatable bonds is 7.